The zero-order valence-electron chi connectivity index (χ0n) is 19.9. The van der Waals surface area contributed by atoms with Gasteiger partial charge < -0.3 is 20.1 Å². The number of esters is 1. The SMILES string of the molecule is CCOC(=O)c1ccc(NC(=O)C[C@H]2C(=O)Nc3ccccc3N2C(=O)COc2ccc(F)cc2)cc1. The summed E-state index contributed by atoms with van der Waals surface area (Å²) in [5.41, 5.74) is 1.59. The average Bonchev–Trinajstić information content (AvgIpc) is 2.89. The van der Waals surface area contributed by atoms with Crippen LogP contribution in [0.15, 0.2) is 72.8 Å². The fourth-order valence-electron chi connectivity index (χ4n) is 3.82. The number of nitrogens with zero attached hydrogens (tertiary/aromatic N) is 1. The summed E-state index contributed by atoms with van der Waals surface area (Å²) < 4.78 is 23.6. The molecule has 0 spiro atoms. The van der Waals surface area contributed by atoms with Gasteiger partial charge in [-0.1, -0.05) is 12.1 Å². The predicted octanol–water partition coefficient (Wildman–Crippen LogP) is 3.76. The Morgan fingerprint density at radius 3 is 2.41 bits per heavy atom. The predicted molar refractivity (Wildman–Crippen MR) is 134 cm³/mol. The maximum atomic E-state index is 13.2. The van der Waals surface area contributed by atoms with E-state index >= 15 is 0 Å². The first-order chi connectivity index (χ1) is 17.9. The normalized spacial score (nSPS) is 14.3. The van der Waals surface area contributed by atoms with Gasteiger partial charge in [0.25, 0.3) is 5.91 Å². The van der Waals surface area contributed by atoms with Crippen LogP contribution >= 0.6 is 0 Å². The Kier molecular flexibility index (Phi) is 7.77. The number of halogens is 1. The molecular weight excluding hydrogens is 481 g/mol. The van der Waals surface area contributed by atoms with Gasteiger partial charge in [0.05, 0.1) is 30.0 Å². The summed E-state index contributed by atoms with van der Waals surface area (Å²) >= 11 is 0. The minimum absolute atomic E-state index is 0.244. The molecule has 0 aliphatic carbocycles. The van der Waals surface area contributed by atoms with E-state index in [1.165, 1.54) is 41.3 Å². The highest BCUT2D eigenvalue weighted by Crippen LogP contribution is 2.33. The number of anilines is 3. The number of ether oxygens (including phenoxy) is 2. The lowest BCUT2D eigenvalue weighted by Crippen LogP contribution is -2.53. The topological polar surface area (TPSA) is 114 Å². The highest BCUT2D eigenvalue weighted by atomic mass is 19.1. The maximum absolute atomic E-state index is 13.2. The number of carbonyl (C=O) groups excluding carboxylic acids is 4. The largest absolute Gasteiger partial charge is 0.484 e. The van der Waals surface area contributed by atoms with Crippen molar-refractivity contribution in [1.29, 1.82) is 0 Å². The first-order valence-corrected chi connectivity index (χ1v) is 11.5. The molecule has 3 aromatic rings. The molecule has 4 rings (SSSR count). The number of benzene rings is 3. The van der Waals surface area contributed by atoms with Crippen LogP contribution in [0.3, 0.4) is 0 Å². The minimum atomic E-state index is -1.14. The molecule has 0 saturated heterocycles. The van der Waals surface area contributed by atoms with Crippen LogP contribution in [0.5, 0.6) is 5.75 Å². The second kappa shape index (κ2) is 11.3. The Morgan fingerprint density at radius 2 is 1.70 bits per heavy atom. The van der Waals surface area contributed by atoms with Gasteiger partial charge >= 0.3 is 5.97 Å². The summed E-state index contributed by atoms with van der Waals surface area (Å²) in [4.78, 5) is 52.1. The van der Waals surface area contributed by atoms with Gasteiger partial charge in [-0.2, -0.15) is 0 Å². The second-order valence-corrected chi connectivity index (χ2v) is 8.08. The third-order valence-electron chi connectivity index (χ3n) is 5.54. The van der Waals surface area contributed by atoms with Crippen molar-refractivity contribution in [3.8, 4) is 5.75 Å². The van der Waals surface area contributed by atoms with Crippen LogP contribution in [0.1, 0.15) is 23.7 Å². The lowest BCUT2D eigenvalue weighted by Gasteiger charge is -2.36. The molecule has 0 aromatic heterocycles. The number of amides is 3. The van der Waals surface area contributed by atoms with Crippen LogP contribution in [0.25, 0.3) is 0 Å². The van der Waals surface area contributed by atoms with Gasteiger partial charge in [-0.25, -0.2) is 9.18 Å². The maximum Gasteiger partial charge on any atom is 0.338 e. The van der Waals surface area contributed by atoms with Crippen LogP contribution in [0.4, 0.5) is 21.5 Å². The number of nitrogens with one attached hydrogen (secondary N) is 2. The van der Waals surface area contributed by atoms with E-state index in [9.17, 15) is 23.6 Å². The average molecular weight is 506 g/mol. The smallest absolute Gasteiger partial charge is 0.338 e. The van der Waals surface area contributed by atoms with E-state index in [0.717, 1.165) is 0 Å². The number of hydrogen-bond acceptors (Lipinski definition) is 6. The molecule has 9 nitrogen and oxygen atoms in total. The standard InChI is InChI=1S/C27H24FN3O6/c1-2-36-27(35)17-7-11-19(12-8-17)29-24(32)15-23-26(34)30-21-5-3-4-6-22(21)31(23)25(33)16-37-20-13-9-18(28)10-14-20/h3-14,23H,2,15-16H2,1H3,(H,29,32)(H,30,34)/t23-/m0/s1. The molecule has 0 bridgehead atoms. The van der Waals surface area contributed by atoms with Crippen molar-refractivity contribution in [2.45, 2.75) is 19.4 Å². The van der Waals surface area contributed by atoms with Crippen LogP contribution in [-0.2, 0) is 19.1 Å². The first kappa shape index (κ1) is 25.4. The highest BCUT2D eigenvalue weighted by Gasteiger charge is 2.38. The molecule has 3 aromatic carbocycles. The number of para-hydroxylation sites is 2. The summed E-state index contributed by atoms with van der Waals surface area (Å²) in [5, 5.41) is 5.41. The number of rotatable bonds is 8. The first-order valence-electron chi connectivity index (χ1n) is 11.5. The molecule has 0 unspecified atom stereocenters. The summed E-state index contributed by atoms with van der Waals surface area (Å²) in [7, 11) is 0. The lowest BCUT2D eigenvalue weighted by atomic mass is 10.0. The number of fused-ring (bicyclic) bond motifs is 1. The lowest BCUT2D eigenvalue weighted by molar-refractivity contribution is -0.127. The third kappa shape index (κ3) is 6.10. The van der Waals surface area contributed by atoms with Crippen molar-refractivity contribution in [3.63, 3.8) is 0 Å². The van der Waals surface area contributed by atoms with E-state index < -0.39 is 42.2 Å². The van der Waals surface area contributed by atoms with Gasteiger partial charge in [-0.05, 0) is 67.6 Å². The minimum Gasteiger partial charge on any atom is -0.484 e. The summed E-state index contributed by atoms with van der Waals surface area (Å²) in [5.74, 6) is -2.23. The van der Waals surface area contributed by atoms with E-state index in [-0.39, 0.29) is 18.8 Å². The second-order valence-electron chi connectivity index (χ2n) is 8.08. The van der Waals surface area contributed by atoms with E-state index in [2.05, 4.69) is 10.6 Å². The molecule has 1 aliphatic heterocycles. The van der Waals surface area contributed by atoms with Crippen LogP contribution in [0, 0.1) is 5.82 Å². The zero-order valence-corrected chi connectivity index (χ0v) is 19.9. The Labute approximate surface area is 212 Å². The van der Waals surface area contributed by atoms with Crippen molar-refractivity contribution in [3.05, 3.63) is 84.2 Å². The van der Waals surface area contributed by atoms with Gasteiger partial charge in [0, 0.05) is 5.69 Å². The third-order valence-corrected chi connectivity index (χ3v) is 5.54. The van der Waals surface area contributed by atoms with Crippen molar-refractivity contribution in [2.75, 3.05) is 28.7 Å². The fraction of sp³-hybridized carbons (Fsp3) is 0.185. The van der Waals surface area contributed by atoms with Crippen molar-refractivity contribution in [2.24, 2.45) is 0 Å². The van der Waals surface area contributed by atoms with Gasteiger partial charge in [-0.3, -0.25) is 19.3 Å². The molecule has 10 heteroatoms. The van der Waals surface area contributed by atoms with E-state index in [1.54, 1.807) is 43.3 Å². The monoisotopic (exact) mass is 505 g/mol. The quantitative estimate of drug-likeness (QED) is 0.451. The fourth-order valence-corrected chi connectivity index (χ4v) is 3.82. The number of carbonyl (C=O) groups is 4. The molecule has 2 N–H and O–H groups in total. The molecule has 1 heterocycles. The van der Waals surface area contributed by atoms with Crippen molar-refractivity contribution in [1.82, 2.24) is 0 Å². The van der Waals surface area contributed by atoms with Gasteiger partial charge in [0.15, 0.2) is 6.61 Å². The van der Waals surface area contributed by atoms with E-state index in [0.29, 0.717) is 22.6 Å². The molecule has 3 amide bonds. The number of hydrogen-bond donors (Lipinski definition) is 2. The van der Waals surface area contributed by atoms with E-state index in [4.69, 9.17) is 9.47 Å². The van der Waals surface area contributed by atoms with Crippen LogP contribution < -0.4 is 20.3 Å². The molecule has 190 valence electrons. The molecule has 0 fully saturated rings. The van der Waals surface area contributed by atoms with Gasteiger partial charge in [-0.15, -0.1) is 0 Å². The molecule has 1 atom stereocenters. The summed E-state index contributed by atoms with van der Waals surface area (Å²) in [6.07, 6.45) is -0.331. The molecular formula is C27H24FN3O6. The van der Waals surface area contributed by atoms with Gasteiger partial charge in [0.2, 0.25) is 11.8 Å². The van der Waals surface area contributed by atoms with Crippen molar-refractivity contribution >= 4 is 40.8 Å². The van der Waals surface area contributed by atoms with Crippen molar-refractivity contribution < 1.29 is 33.0 Å². The summed E-state index contributed by atoms with van der Waals surface area (Å²) in [6, 6.07) is 16.9. The Bertz CT molecular complexity index is 1310. The summed E-state index contributed by atoms with van der Waals surface area (Å²) in [6.45, 7) is 1.52. The van der Waals surface area contributed by atoms with Gasteiger partial charge in [0.1, 0.15) is 17.6 Å². The molecule has 0 radical (unpaired) electrons. The zero-order chi connectivity index (χ0) is 26.4. The van der Waals surface area contributed by atoms with Crippen LogP contribution in [0.2, 0.25) is 0 Å². The highest BCUT2D eigenvalue weighted by molar-refractivity contribution is 6.14. The van der Waals surface area contributed by atoms with Crippen LogP contribution in [-0.4, -0.2) is 42.9 Å². The Morgan fingerprint density at radius 1 is 1.00 bits per heavy atom. The van der Waals surface area contributed by atoms with E-state index in [1.807, 2.05) is 0 Å². The molecule has 37 heavy (non-hydrogen) atoms. The molecule has 0 saturated carbocycles. The Balaban J connectivity index is 1.49. The molecule has 1 aliphatic rings. The Hall–Kier alpha value is -4.73.